The molecule has 0 atom stereocenters. The summed E-state index contributed by atoms with van der Waals surface area (Å²) < 4.78 is 11.0. The monoisotopic (exact) mass is 215 g/mol. The second kappa shape index (κ2) is 9.13. The van der Waals surface area contributed by atoms with Crippen molar-refractivity contribution in [1.29, 1.82) is 0 Å². The number of rotatable bonds is 8. The fraction of sp³-hybridized carbons (Fsp3) is 1.00. The summed E-state index contributed by atoms with van der Waals surface area (Å²) >= 11 is 0. The molecular weight excluding hydrogens is 190 g/mol. The van der Waals surface area contributed by atoms with Crippen LogP contribution in [0.4, 0.5) is 0 Å². The SMILES string of the molecule is CCNCCCCOCC1CCOCC1. The fourth-order valence-corrected chi connectivity index (χ4v) is 1.79. The molecule has 1 N–H and O–H groups in total. The van der Waals surface area contributed by atoms with Gasteiger partial charge in [-0.1, -0.05) is 6.92 Å². The van der Waals surface area contributed by atoms with Crippen LogP contribution in [0.1, 0.15) is 32.6 Å². The highest BCUT2D eigenvalue weighted by Crippen LogP contribution is 2.14. The molecule has 0 aromatic carbocycles. The van der Waals surface area contributed by atoms with Gasteiger partial charge in [0.2, 0.25) is 0 Å². The van der Waals surface area contributed by atoms with Crippen LogP contribution in [0.25, 0.3) is 0 Å². The van der Waals surface area contributed by atoms with Crippen molar-refractivity contribution in [3.05, 3.63) is 0 Å². The molecule has 0 aromatic rings. The van der Waals surface area contributed by atoms with Crippen molar-refractivity contribution in [2.75, 3.05) is 39.5 Å². The lowest BCUT2D eigenvalue weighted by Gasteiger charge is -2.21. The van der Waals surface area contributed by atoms with E-state index in [1.807, 2.05) is 0 Å². The minimum Gasteiger partial charge on any atom is -0.381 e. The standard InChI is InChI=1S/C12H25NO2/c1-2-13-7-3-4-8-15-11-12-5-9-14-10-6-12/h12-13H,2-11H2,1H3. The van der Waals surface area contributed by atoms with Crippen LogP contribution in [0.15, 0.2) is 0 Å². The summed E-state index contributed by atoms with van der Waals surface area (Å²) in [4.78, 5) is 0. The smallest absolute Gasteiger partial charge is 0.0495 e. The third-order valence-corrected chi connectivity index (χ3v) is 2.84. The van der Waals surface area contributed by atoms with Crippen molar-refractivity contribution in [3.8, 4) is 0 Å². The molecule has 1 fully saturated rings. The van der Waals surface area contributed by atoms with E-state index >= 15 is 0 Å². The van der Waals surface area contributed by atoms with E-state index in [-0.39, 0.29) is 0 Å². The fourth-order valence-electron chi connectivity index (χ4n) is 1.79. The Bertz CT molecular complexity index is 136. The molecule has 1 saturated heterocycles. The van der Waals surface area contributed by atoms with Crippen LogP contribution in [-0.4, -0.2) is 39.5 Å². The zero-order valence-corrected chi connectivity index (χ0v) is 9.96. The zero-order valence-electron chi connectivity index (χ0n) is 9.96. The third-order valence-electron chi connectivity index (χ3n) is 2.84. The van der Waals surface area contributed by atoms with Gasteiger partial charge in [0.1, 0.15) is 0 Å². The first-order valence-electron chi connectivity index (χ1n) is 6.29. The molecule has 0 saturated carbocycles. The van der Waals surface area contributed by atoms with E-state index in [9.17, 15) is 0 Å². The number of hydrogen-bond donors (Lipinski definition) is 1. The van der Waals surface area contributed by atoms with Crippen LogP contribution in [-0.2, 0) is 9.47 Å². The highest BCUT2D eigenvalue weighted by atomic mass is 16.5. The van der Waals surface area contributed by atoms with E-state index in [1.54, 1.807) is 0 Å². The highest BCUT2D eigenvalue weighted by Gasteiger charge is 2.13. The minimum absolute atomic E-state index is 0.743. The first-order chi connectivity index (χ1) is 7.43. The van der Waals surface area contributed by atoms with E-state index in [0.717, 1.165) is 45.4 Å². The van der Waals surface area contributed by atoms with E-state index in [1.165, 1.54) is 25.7 Å². The average Bonchev–Trinajstić information content (AvgIpc) is 2.29. The van der Waals surface area contributed by atoms with Crippen LogP contribution >= 0.6 is 0 Å². The lowest BCUT2D eigenvalue weighted by molar-refractivity contribution is 0.0199. The lowest BCUT2D eigenvalue weighted by atomic mass is 10.0. The number of hydrogen-bond acceptors (Lipinski definition) is 3. The largest absolute Gasteiger partial charge is 0.381 e. The van der Waals surface area contributed by atoms with Crippen molar-refractivity contribution >= 4 is 0 Å². The van der Waals surface area contributed by atoms with Gasteiger partial charge >= 0.3 is 0 Å². The van der Waals surface area contributed by atoms with Crippen molar-refractivity contribution in [1.82, 2.24) is 5.32 Å². The molecule has 0 bridgehead atoms. The van der Waals surface area contributed by atoms with Gasteiger partial charge < -0.3 is 14.8 Å². The highest BCUT2D eigenvalue weighted by molar-refractivity contribution is 4.62. The third kappa shape index (κ3) is 6.88. The Morgan fingerprint density at radius 3 is 2.80 bits per heavy atom. The van der Waals surface area contributed by atoms with Crippen molar-refractivity contribution < 1.29 is 9.47 Å². The predicted octanol–water partition coefficient (Wildman–Crippen LogP) is 1.82. The maximum atomic E-state index is 5.67. The Hall–Kier alpha value is -0.120. The van der Waals surface area contributed by atoms with Gasteiger partial charge in [-0.3, -0.25) is 0 Å². The summed E-state index contributed by atoms with van der Waals surface area (Å²) in [7, 11) is 0. The molecule has 1 rings (SSSR count). The molecule has 0 amide bonds. The Balaban J connectivity index is 1.79. The predicted molar refractivity (Wildman–Crippen MR) is 62.1 cm³/mol. The van der Waals surface area contributed by atoms with Gasteiger partial charge in [-0.25, -0.2) is 0 Å². The van der Waals surface area contributed by atoms with Crippen molar-refractivity contribution in [3.63, 3.8) is 0 Å². The molecule has 3 heteroatoms. The zero-order chi connectivity index (χ0) is 10.8. The molecule has 0 radical (unpaired) electrons. The number of nitrogens with one attached hydrogen (secondary N) is 1. The van der Waals surface area contributed by atoms with Crippen LogP contribution in [0.3, 0.4) is 0 Å². The minimum atomic E-state index is 0.743. The maximum Gasteiger partial charge on any atom is 0.0495 e. The number of unbranched alkanes of at least 4 members (excludes halogenated alkanes) is 1. The van der Waals surface area contributed by atoms with E-state index in [4.69, 9.17) is 9.47 Å². The molecule has 15 heavy (non-hydrogen) atoms. The lowest BCUT2D eigenvalue weighted by Crippen LogP contribution is -2.20. The van der Waals surface area contributed by atoms with E-state index in [2.05, 4.69) is 12.2 Å². The van der Waals surface area contributed by atoms with Gasteiger partial charge in [0.15, 0.2) is 0 Å². The quantitative estimate of drug-likeness (QED) is 0.627. The molecular formula is C12H25NO2. The Kier molecular flexibility index (Phi) is 7.88. The Morgan fingerprint density at radius 1 is 1.27 bits per heavy atom. The molecule has 0 aromatic heterocycles. The van der Waals surface area contributed by atoms with Crippen LogP contribution in [0, 0.1) is 5.92 Å². The maximum absolute atomic E-state index is 5.67. The molecule has 1 heterocycles. The van der Waals surface area contributed by atoms with Crippen LogP contribution < -0.4 is 5.32 Å². The average molecular weight is 215 g/mol. The summed E-state index contributed by atoms with van der Waals surface area (Å²) in [5, 5.41) is 3.32. The molecule has 0 aliphatic carbocycles. The molecule has 3 nitrogen and oxygen atoms in total. The Morgan fingerprint density at radius 2 is 2.07 bits per heavy atom. The normalized spacial score (nSPS) is 18.2. The Labute approximate surface area is 93.5 Å². The summed E-state index contributed by atoms with van der Waals surface area (Å²) in [6.45, 7) is 8.04. The van der Waals surface area contributed by atoms with Gasteiger partial charge in [-0.15, -0.1) is 0 Å². The topological polar surface area (TPSA) is 30.5 Å². The van der Waals surface area contributed by atoms with E-state index < -0.39 is 0 Å². The molecule has 1 aliphatic heterocycles. The van der Waals surface area contributed by atoms with Crippen LogP contribution in [0.2, 0.25) is 0 Å². The second-order valence-corrected chi connectivity index (χ2v) is 4.19. The number of ether oxygens (including phenoxy) is 2. The van der Waals surface area contributed by atoms with Crippen molar-refractivity contribution in [2.24, 2.45) is 5.92 Å². The van der Waals surface area contributed by atoms with Gasteiger partial charge in [0.05, 0.1) is 0 Å². The van der Waals surface area contributed by atoms with Gasteiger partial charge in [0, 0.05) is 26.4 Å². The van der Waals surface area contributed by atoms with Crippen molar-refractivity contribution in [2.45, 2.75) is 32.6 Å². The van der Waals surface area contributed by atoms with Gasteiger partial charge in [-0.2, -0.15) is 0 Å². The molecule has 0 unspecified atom stereocenters. The summed E-state index contributed by atoms with van der Waals surface area (Å²) in [6.07, 6.45) is 4.76. The second-order valence-electron chi connectivity index (χ2n) is 4.19. The van der Waals surface area contributed by atoms with Crippen LogP contribution in [0.5, 0.6) is 0 Å². The molecule has 0 spiro atoms. The summed E-state index contributed by atoms with van der Waals surface area (Å²) in [6, 6.07) is 0. The summed E-state index contributed by atoms with van der Waals surface area (Å²) in [5.41, 5.74) is 0. The summed E-state index contributed by atoms with van der Waals surface area (Å²) in [5.74, 6) is 0.743. The van der Waals surface area contributed by atoms with Gasteiger partial charge in [0.25, 0.3) is 0 Å². The van der Waals surface area contributed by atoms with Gasteiger partial charge in [-0.05, 0) is 44.7 Å². The molecule has 1 aliphatic rings. The first kappa shape index (κ1) is 12.9. The first-order valence-corrected chi connectivity index (χ1v) is 6.29. The van der Waals surface area contributed by atoms with E-state index in [0.29, 0.717) is 0 Å². The molecule has 90 valence electrons.